The lowest BCUT2D eigenvalue weighted by Crippen LogP contribution is -2.27. The first-order chi connectivity index (χ1) is 10.4. The molecule has 0 fully saturated rings. The molecule has 0 aliphatic carbocycles. The number of fused-ring (bicyclic) bond motifs is 1. The lowest BCUT2D eigenvalue weighted by Gasteiger charge is -2.16. The van der Waals surface area contributed by atoms with Gasteiger partial charge in [-0.05, 0) is 25.0 Å². The molecule has 0 radical (unpaired) electrons. The number of rotatable bonds is 5. The Hall–Kier alpha value is -1.82. The van der Waals surface area contributed by atoms with Crippen molar-refractivity contribution < 1.29 is 9.53 Å². The van der Waals surface area contributed by atoms with Crippen molar-refractivity contribution in [3.63, 3.8) is 0 Å². The molecule has 1 aromatic carbocycles. The minimum atomic E-state index is -0.420. The fourth-order valence-corrected chi connectivity index (χ4v) is 3.08. The molecular weight excluding hydrogens is 300 g/mol. The monoisotopic (exact) mass is 320 g/mol. The number of carbonyl (C=O) groups is 1. The van der Waals surface area contributed by atoms with E-state index in [4.69, 9.17) is 4.74 Å². The number of hydrogen-bond acceptors (Lipinski definition) is 5. The predicted octanol–water partition coefficient (Wildman–Crippen LogP) is 2.71. The minimum absolute atomic E-state index is 0.0705. The molecule has 0 saturated heterocycles. The fraction of sp³-hybridized carbons (Fsp3) is 0.438. The molecule has 0 saturated carbocycles. The van der Waals surface area contributed by atoms with Gasteiger partial charge in [-0.3, -0.25) is 14.2 Å². The third-order valence-corrected chi connectivity index (χ3v) is 4.26. The zero-order chi connectivity index (χ0) is 16.3. The highest BCUT2D eigenvalue weighted by Gasteiger charge is 2.20. The van der Waals surface area contributed by atoms with Crippen molar-refractivity contribution in [3.8, 4) is 0 Å². The van der Waals surface area contributed by atoms with Gasteiger partial charge in [0, 0.05) is 6.54 Å². The van der Waals surface area contributed by atoms with Crippen molar-refractivity contribution in [3.05, 3.63) is 34.6 Å². The van der Waals surface area contributed by atoms with E-state index < -0.39 is 5.25 Å². The van der Waals surface area contributed by atoms with Gasteiger partial charge in [0.15, 0.2) is 5.16 Å². The molecule has 5 nitrogen and oxygen atoms in total. The average molecular weight is 320 g/mol. The summed E-state index contributed by atoms with van der Waals surface area (Å²) in [7, 11) is 1.36. The zero-order valence-electron chi connectivity index (χ0n) is 13.2. The van der Waals surface area contributed by atoms with Gasteiger partial charge in [0.05, 0.1) is 18.0 Å². The van der Waals surface area contributed by atoms with Crippen LogP contribution in [0.5, 0.6) is 0 Å². The molecule has 1 atom stereocenters. The van der Waals surface area contributed by atoms with E-state index in [1.54, 1.807) is 17.6 Å². The first-order valence-corrected chi connectivity index (χ1v) is 8.06. The van der Waals surface area contributed by atoms with Crippen LogP contribution in [0.3, 0.4) is 0 Å². The number of esters is 1. The number of thioether (sulfide) groups is 1. The van der Waals surface area contributed by atoms with Crippen molar-refractivity contribution in [1.29, 1.82) is 0 Å². The Bertz CT molecular complexity index is 740. The van der Waals surface area contributed by atoms with Gasteiger partial charge in [0.2, 0.25) is 0 Å². The van der Waals surface area contributed by atoms with Gasteiger partial charge in [0.1, 0.15) is 5.25 Å². The van der Waals surface area contributed by atoms with Gasteiger partial charge in [-0.2, -0.15) is 0 Å². The number of aromatic nitrogens is 2. The van der Waals surface area contributed by atoms with Crippen molar-refractivity contribution in [2.45, 2.75) is 37.7 Å². The summed E-state index contributed by atoms with van der Waals surface area (Å²) in [6.45, 7) is 6.39. The van der Waals surface area contributed by atoms with Crippen LogP contribution in [0.15, 0.2) is 34.2 Å². The third-order valence-electron chi connectivity index (χ3n) is 3.19. The number of methoxy groups -OCH3 is 1. The molecule has 22 heavy (non-hydrogen) atoms. The smallest absolute Gasteiger partial charge is 0.318 e. The molecule has 0 N–H and O–H groups in total. The summed E-state index contributed by atoms with van der Waals surface area (Å²) >= 11 is 1.25. The highest BCUT2D eigenvalue weighted by molar-refractivity contribution is 8.00. The molecular formula is C16H20N2O3S. The van der Waals surface area contributed by atoms with E-state index in [-0.39, 0.29) is 11.5 Å². The first-order valence-electron chi connectivity index (χ1n) is 7.18. The molecule has 0 aliphatic rings. The second-order valence-corrected chi connectivity index (χ2v) is 6.81. The van der Waals surface area contributed by atoms with E-state index in [1.807, 2.05) is 32.0 Å². The molecule has 118 valence electrons. The SMILES string of the molecule is COC(=O)[C@@H](C)Sc1nc2ccccc2c(=O)n1CC(C)C. The first kappa shape index (κ1) is 16.5. The van der Waals surface area contributed by atoms with E-state index in [0.717, 1.165) is 0 Å². The standard InChI is InChI=1S/C16H20N2O3S/c1-10(2)9-18-14(19)12-7-5-6-8-13(12)17-16(18)22-11(3)15(20)21-4/h5-8,10-11H,9H2,1-4H3/t11-/m1/s1. The third kappa shape index (κ3) is 3.50. The van der Waals surface area contributed by atoms with Gasteiger partial charge < -0.3 is 4.74 Å². The van der Waals surface area contributed by atoms with Crippen LogP contribution in [0.2, 0.25) is 0 Å². The lowest BCUT2D eigenvalue weighted by molar-refractivity contribution is -0.139. The summed E-state index contributed by atoms with van der Waals surface area (Å²) in [4.78, 5) is 28.9. The number of hydrogen-bond donors (Lipinski definition) is 0. The van der Waals surface area contributed by atoms with Crippen molar-refractivity contribution in [2.24, 2.45) is 5.92 Å². The van der Waals surface area contributed by atoms with Gasteiger partial charge in [0.25, 0.3) is 5.56 Å². The van der Waals surface area contributed by atoms with Crippen LogP contribution >= 0.6 is 11.8 Å². The van der Waals surface area contributed by atoms with Crippen LogP contribution in [0.25, 0.3) is 10.9 Å². The highest BCUT2D eigenvalue weighted by Crippen LogP contribution is 2.23. The van der Waals surface area contributed by atoms with Gasteiger partial charge in [-0.1, -0.05) is 37.7 Å². The summed E-state index contributed by atoms with van der Waals surface area (Å²) in [6.07, 6.45) is 0. The molecule has 0 spiro atoms. The number of ether oxygens (including phenoxy) is 1. The maximum absolute atomic E-state index is 12.7. The van der Waals surface area contributed by atoms with E-state index in [1.165, 1.54) is 18.9 Å². The molecule has 0 unspecified atom stereocenters. The van der Waals surface area contributed by atoms with E-state index in [9.17, 15) is 9.59 Å². The number of benzene rings is 1. The number of para-hydroxylation sites is 1. The van der Waals surface area contributed by atoms with Crippen molar-refractivity contribution in [1.82, 2.24) is 9.55 Å². The molecule has 2 aromatic rings. The summed E-state index contributed by atoms with van der Waals surface area (Å²) in [6, 6.07) is 7.26. The Morgan fingerprint density at radius 1 is 1.32 bits per heavy atom. The van der Waals surface area contributed by atoms with Crippen LogP contribution in [0.4, 0.5) is 0 Å². The maximum Gasteiger partial charge on any atom is 0.318 e. The Kier molecular flexibility index (Phi) is 5.24. The summed E-state index contributed by atoms with van der Waals surface area (Å²) < 4.78 is 6.40. The molecule has 1 aromatic heterocycles. The quantitative estimate of drug-likeness (QED) is 0.481. The van der Waals surface area contributed by atoms with Crippen molar-refractivity contribution in [2.75, 3.05) is 7.11 Å². The van der Waals surface area contributed by atoms with Crippen molar-refractivity contribution >= 4 is 28.6 Å². The predicted molar refractivity (Wildman–Crippen MR) is 88.2 cm³/mol. The second-order valence-electron chi connectivity index (χ2n) is 5.50. The lowest BCUT2D eigenvalue weighted by atomic mass is 10.2. The Morgan fingerprint density at radius 2 is 2.00 bits per heavy atom. The second kappa shape index (κ2) is 6.96. The van der Waals surface area contributed by atoms with Crippen LogP contribution in [0, 0.1) is 5.92 Å². The van der Waals surface area contributed by atoms with Gasteiger partial charge >= 0.3 is 5.97 Å². The Labute approximate surface area is 133 Å². The fourth-order valence-electron chi connectivity index (χ4n) is 2.14. The average Bonchev–Trinajstić information content (AvgIpc) is 2.50. The van der Waals surface area contributed by atoms with Crippen LogP contribution in [-0.4, -0.2) is 27.9 Å². The molecule has 0 amide bonds. The number of carbonyl (C=O) groups excluding carboxylic acids is 1. The molecule has 0 bridgehead atoms. The van der Waals surface area contributed by atoms with Crippen LogP contribution in [-0.2, 0) is 16.1 Å². The molecule has 2 rings (SSSR count). The normalized spacial score (nSPS) is 12.6. The summed E-state index contributed by atoms with van der Waals surface area (Å²) in [5.74, 6) is -0.0306. The van der Waals surface area contributed by atoms with E-state index in [0.29, 0.717) is 28.5 Å². The number of nitrogens with zero attached hydrogens (tertiary/aromatic N) is 2. The van der Waals surface area contributed by atoms with Gasteiger partial charge in [-0.25, -0.2) is 4.98 Å². The summed E-state index contributed by atoms with van der Waals surface area (Å²) in [5, 5.41) is 0.727. The molecule has 0 aliphatic heterocycles. The zero-order valence-corrected chi connectivity index (χ0v) is 14.0. The van der Waals surface area contributed by atoms with E-state index in [2.05, 4.69) is 4.98 Å². The van der Waals surface area contributed by atoms with Crippen LogP contribution < -0.4 is 5.56 Å². The molecule has 1 heterocycles. The maximum atomic E-state index is 12.7. The summed E-state index contributed by atoms with van der Waals surface area (Å²) in [5.41, 5.74) is 0.575. The minimum Gasteiger partial charge on any atom is -0.468 e. The van der Waals surface area contributed by atoms with Crippen LogP contribution in [0.1, 0.15) is 20.8 Å². The highest BCUT2D eigenvalue weighted by atomic mass is 32.2. The topological polar surface area (TPSA) is 61.2 Å². The van der Waals surface area contributed by atoms with Gasteiger partial charge in [-0.15, -0.1) is 0 Å². The largest absolute Gasteiger partial charge is 0.468 e. The Balaban J connectivity index is 2.54. The van der Waals surface area contributed by atoms with E-state index >= 15 is 0 Å². The Morgan fingerprint density at radius 3 is 2.64 bits per heavy atom. The molecule has 6 heteroatoms.